The van der Waals surface area contributed by atoms with Crippen LogP contribution in [0.25, 0.3) is 0 Å². The van der Waals surface area contributed by atoms with E-state index in [9.17, 15) is 4.79 Å². The van der Waals surface area contributed by atoms with E-state index in [1.165, 1.54) is 11.3 Å². The van der Waals surface area contributed by atoms with E-state index in [0.29, 0.717) is 6.54 Å². The minimum Gasteiger partial charge on any atom is -0.480 e. The summed E-state index contributed by atoms with van der Waals surface area (Å²) in [6.45, 7) is 6.36. The molecule has 110 valence electrons. The Morgan fingerprint density at radius 1 is 1.35 bits per heavy atom. The molecular weight excluding hydrogens is 254 g/mol. The summed E-state index contributed by atoms with van der Waals surface area (Å²) in [5.74, 6) is -0.784. The lowest BCUT2D eigenvalue weighted by Gasteiger charge is -2.37. The van der Waals surface area contributed by atoms with Crippen LogP contribution in [0.4, 0.5) is 5.69 Å². The number of carboxylic acid groups (broad SMARTS) is 1. The quantitative estimate of drug-likeness (QED) is 0.833. The normalized spacial score (nSPS) is 18.0. The summed E-state index contributed by atoms with van der Waals surface area (Å²) in [6, 6.07) is 8.03. The van der Waals surface area contributed by atoms with Crippen LogP contribution in [0, 0.1) is 6.92 Å². The van der Waals surface area contributed by atoms with Crippen molar-refractivity contribution in [3.63, 3.8) is 0 Å². The highest BCUT2D eigenvalue weighted by Crippen LogP contribution is 2.17. The molecule has 1 atom stereocenters. The summed E-state index contributed by atoms with van der Waals surface area (Å²) < 4.78 is 0. The molecule has 5 nitrogen and oxygen atoms in total. The molecule has 1 aromatic rings. The van der Waals surface area contributed by atoms with Gasteiger partial charge in [-0.05, 0) is 31.7 Å². The Morgan fingerprint density at radius 2 is 2.05 bits per heavy atom. The van der Waals surface area contributed by atoms with Gasteiger partial charge in [-0.15, -0.1) is 0 Å². The number of piperazine rings is 1. The van der Waals surface area contributed by atoms with Gasteiger partial charge in [0.1, 0.15) is 6.04 Å². The van der Waals surface area contributed by atoms with Crippen molar-refractivity contribution in [2.75, 3.05) is 44.7 Å². The maximum atomic E-state index is 11.0. The summed E-state index contributed by atoms with van der Waals surface area (Å²) in [4.78, 5) is 15.6. The Kier molecular flexibility index (Phi) is 4.98. The highest BCUT2D eigenvalue weighted by molar-refractivity contribution is 5.73. The van der Waals surface area contributed by atoms with Crippen molar-refractivity contribution >= 4 is 11.7 Å². The third-order valence-corrected chi connectivity index (χ3v) is 3.83. The van der Waals surface area contributed by atoms with Crippen molar-refractivity contribution in [2.24, 2.45) is 0 Å². The van der Waals surface area contributed by atoms with Crippen LogP contribution in [-0.4, -0.2) is 61.8 Å². The Bertz CT molecular complexity index is 456. The molecule has 1 aliphatic heterocycles. The van der Waals surface area contributed by atoms with Crippen LogP contribution in [0.3, 0.4) is 0 Å². The van der Waals surface area contributed by atoms with E-state index in [4.69, 9.17) is 5.11 Å². The van der Waals surface area contributed by atoms with Gasteiger partial charge in [-0.1, -0.05) is 12.1 Å². The van der Waals surface area contributed by atoms with Crippen LogP contribution in [0.2, 0.25) is 0 Å². The van der Waals surface area contributed by atoms with Crippen molar-refractivity contribution in [1.29, 1.82) is 0 Å². The molecule has 2 rings (SSSR count). The number of nitrogens with one attached hydrogen (secondary N) is 1. The molecule has 2 N–H and O–H groups in total. The van der Waals surface area contributed by atoms with Gasteiger partial charge in [0.2, 0.25) is 0 Å². The fourth-order valence-corrected chi connectivity index (χ4v) is 2.56. The Hall–Kier alpha value is -1.59. The van der Waals surface area contributed by atoms with Gasteiger partial charge < -0.3 is 15.3 Å². The molecule has 20 heavy (non-hydrogen) atoms. The minimum atomic E-state index is -0.784. The Balaban J connectivity index is 1.88. The van der Waals surface area contributed by atoms with E-state index in [1.807, 2.05) is 0 Å². The highest BCUT2D eigenvalue weighted by atomic mass is 16.4. The van der Waals surface area contributed by atoms with Crippen molar-refractivity contribution in [3.8, 4) is 0 Å². The number of benzene rings is 1. The molecular formula is C15H23N3O2. The number of aryl methyl sites for hydroxylation is 1. The largest absolute Gasteiger partial charge is 0.480 e. The number of anilines is 1. The summed E-state index contributed by atoms with van der Waals surface area (Å²) in [5.41, 5.74) is 2.53. The molecule has 1 heterocycles. The van der Waals surface area contributed by atoms with E-state index in [1.54, 1.807) is 7.05 Å². The first-order valence-electron chi connectivity index (χ1n) is 7.04. The molecule has 1 aromatic carbocycles. The summed E-state index contributed by atoms with van der Waals surface area (Å²) >= 11 is 0. The Labute approximate surface area is 120 Å². The van der Waals surface area contributed by atoms with E-state index in [2.05, 4.69) is 46.3 Å². The average molecular weight is 277 g/mol. The third-order valence-electron chi connectivity index (χ3n) is 3.83. The van der Waals surface area contributed by atoms with Gasteiger partial charge in [0, 0.05) is 38.4 Å². The zero-order valence-electron chi connectivity index (χ0n) is 12.2. The van der Waals surface area contributed by atoms with Crippen molar-refractivity contribution in [3.05, 3.63) is 29.8 Å². The zero-order valence-corrected chi connectivity index (χ0v) is 12.2. The van der Waals surface area contributed by atoms with Crippen LogP contribution in [0.1, 0.15) is 5.56 Å². The first-order valence-corrected chi connectivity index (χ1v) is 7.04. The SMILES string of the molecule is CNC(CN1CCN(c2cccc(C)c2)CC1)C(=O)O. The summed E-state index contributed by atoms with van der Waals surface area (Å²) in [5, 5.41) is 11.9. The van der Waals surface area contributed by atoms with Crippen LogP contribution in [-0.2, 0) is 4.79 Å². The van der Waals surface area contributed by atoms with Crippen LogP contribution >= 0.6 is 0 Å². The predicted molar refractivity (Wildman–Crippen MR) is 80.3 cm³/mol. The van der Waals surface area contributed by atoms with Gasteiger partial charge in [-0.2, -0.15) is 0 Å². The van der Waals surface area contributed by atoms with Gasteiger partial charge in [0.05, 0.1) is 0 Å². The number of hydrogen-bond acceptors (Lipinski definition) is 4. The van der Waals surface area contributed by atoms with Gasteiger partial charge in [-0.25, -0.2) is 0 Å². The standard InChI is InChI=1S/C15H23N3O2/c1-12-4-3-5-13(10-12)18-8-6-17(7-9-18)11-14(16-2)15(19)20/h3-5,10,14,16H,6-9,11H2,1-2H3,(H,19,20). The fourth-order valence-electron chi connectivity index (χ4n) is 2.56. The average Bonchev–Trinajstić information content (AvgIpc) is 2.45. The van der Waals surface area contributed by atoms with E-state index < -0.39 is 12.0 Å². The first kappa shape index (κ1) is 14.8. The molecule has 0 aromatic heterocycles. The molecule has 1 aliphatic rings. The van der Waals surface area contributed by atoms with Gasteiger partial charge in [0.15, 0.2) is 0 Å². The van der Waals surface area contributed by atoms with Crippen molar-refractivity contribution < 1.29 is 9.90 Å². The van der Waals surface area contributed by atoms with Gasteiger partial charge in [0.25, 0.3) is 0 Å². The van der Waals surface area contributed by atoms with Crippen molar-refractivity contribution in [2.45, 2.75) is 13.0 Å². The van der Waals surface area contributed by atoms with Crippen LogP contribution in [0.5, 0.6) is 0 Å². The lowest BCUT2D eigenvalue weighted by Crippen LogP contribution is -2.52. The number of hydrogen-bond donors (Lipinski definition) is 2. The second kappa shape index (κ2) is 6.72. The topological polar surface area (TPSA) is 55.8 Å². The van der Waals surface area contributed by atoms with Gasteiger partial charge >= 0.3 is 5.97 Å². The van der Waals surface area contributed by atoms with E-state index in [0.717, 1.165) is 26.2 Å². The second-order valence-electron chi connectivity index (χ2n) is 5.31. The zero-order chi connectivity index (χ0) is 14.5. The van der Waals surface area contributed by atoms with E-state index >= 15 is 0 Å². The Morgan fingerprint density at radius 3 is 2.60 bits per heavy atom. The number of aliphatic carboxylic acids is 1. The number of rotatable bonds is 5. The highest BCUT2D eigenvalue weighted by Gasteiger charge is 2.23. The predicted octanol–water partition coefficient (Wildman–Crippen LogP) is 0.790. The maximum absolute atomic E-state index is 11.0. The molecule has 0 spiro atoms. The number of carbonyl (C=O) groups is 1. The molecule has 0 amide bonds. The smallest absolute Gasteiger partial charge is 0.322 e. The monoisotopic (exact) mass is 277 g/mol. The van der Waals surface area contributed by atoms with Gasteiger partial charge in [-0.3, -0.25) is 9.69 Å². The minimum absolute atomic E-state index is 0.486. The molecule has 0 saturated carbocycles. The third kappa shape index (κ3) is 3.71. The summed E-state index contributed by atoms with van der Waals surface area (Å²) in [6.07, 6.45) is 0. The number of likely N-dealkylation sites (N-methyl/N-ethyl adjacent to an activating group) is 1. The molecule has 0 radical (unpaired) electrons. The summed E-state index contributed by atoms with van der Waals surface area (Å²) in [7, 11) is 1.70. The lowest BCUT2D eigenvalue weighted by molar-refractivity contribution is -0.139. The van der Waals surface area contributed by atoms with Crippen molar-refractivity contribution in [1.82, 2.24) is 10.2 Å². The molecule has 5 heteroatoms. The first-order chi connectivity index (χ1) is 9.60. The van der Waals surface area contributed by atoms with Crippen LogP contribution in [0.15, 0.2) is 24.3 Å². The fraction of sp³-hybridized carbons (Fsp3) is 0.533. The molecule has 1 fully saturated rings. The van der Waals surface area contributed by atoms with Crippen LogP contribution < -0.4 is 10.2 Å². The molecule has 1 saturated heterocycles. The number of carboxylic acids is 1. The maximum Gasteiger partial charge on any atom is 0.322 e. The van der Waals surface area contributed by atoms with E-state index in [-0.39, 0.29) is 0 Å². The molecule has 0 bridgehead atoms. The molecule has 0 aliphatic carbocycles. The molecule has 1 unspecified atom stereocenters. The second-order valence-corrected chi connectivity index (χ2v) is 5.31. The lowest BCUT2D eigenvalue weighted by atomic mass is 10.2. The number of nitrogens with zero attached hydrogens (tertiary/aromatic N) is 2.